The van der Waals surface area contributed by atoms with Gasteiger partial charge in [-0.15, -0.1) is 11.3 Å². The van der Waals surface area contributed by atoms with Gasteiger partial charge in [0, 0.05) is 64.5 Å². The lowest BCUT2D eigenvalue weighted by Crippen LogP contribution is -2.10. The van der Waals surface area contributed by atoms with Gasteiger partial charge >= 0.3 is 0 Å². The summed E-state index contributed by atoms with van der Waals surface area (Å²) in [6.07, 6.45) is 0. The third-order valence-corrected chi connectivity index (χ3v) is 10.9. The van der Waals surface area contributed by atoms with E-state index in [2.05, 4.69) is 157 Å². The fraction of sp³-hybridized carbons (Fsp3) is 0. The van der Waals surface area contributed by atoms with Crippen LogP contribution in [0.15, 0.2) is 160 Å². The van der Waals surface area contributed by atoms with Gasteiger partial charge in [0.1, 0.15) is 22.3 Å². The summed E-state index contributed by atoms with van der Waals surface area (Å²) < 4.78 is 15.7. The van der Waals surface area contributed by atoms with E-state index in [4.69, 9.17) is 8.83 Å². The number of thiophene rings is 1. The minimum Gasteiger partial charge on any atom is -0.456 e. The molecule has 0 bridgehead atoms. The molecule has 0 radical (unpaired) electrons. The van der Waals surface area contributed by atoms with Crippen molar-refractivity contribution in [1.29, 1.82) is 0 Å². The average Bonchev–Trinajstić information content (AvgIpc) is 3.83. The first-order valence-electron chi connectivity index (χ1n) is 16.2. The highest BCUT2D eigenvalue weighted by atomic mass is 32.1. The van der Waals surface area contributed by atoms with E-state index < -0.39 is 0 Å². The zero-order valence-electron chi connectivity index (χ0n) is 25.6. The van der Waals surface area contributed by atoms with Gasteiger partial charge < -0.3 is 13.7 Å². The molecule has 0 aliphatic heterocycles. The summed E-state index contributed by atoms with van der Waals surface area (Å²) in [5, 5.41) is 11.8. The number of fused-ring (bicyclic) bond motifs is 14. The van der Waals surface area contributed by atoms with Crippen LogP contribution in [0.3, 0.4) is 0 Å². The number of benzene rings is 8. The first kappa shape index (κ1) is 26.0. The number of hydrogen-bond donors (Lipinski definition) is 0. The maximum atomic E-state index is 6.65. The maximum Gasteiger partial charge on any atom is 0.143 e. The van der Waals surface area contributed by atoms with Crippen LogP contribution in [-0.2, 0) is 0 Å². The molecule has 8 aromatic carbocycles. The smallest absolute Gasteiger partial charge is 0.143 e. The van der Waals surface area contributed by atoms with E-state index in [0.29, 0.717) is 0 Å². The highest BCUT2D eigenvalue weighted by molar-refractivity contribution is 7.26. The molecule has 0 fully saturated rings. The lowest BCUT2D eigenvalue weighted by Gasteiger charge is -2.26. The molecule has 3 aromatic heterocycles. The number of hydrogen-bond acceptors (Lipinski definition) is 4. The predicted molar refractivity (Wildman–Crippen MR) is 204 cm³/mol. The number of nitrogens with zero attached hydrogens (tertiary/aromatic N) is 1. The molecule has 11 rings (SSSR count). The Morgan fingerprint density at radius 2 is 1.10 bits per heavy atom. The number of anilines is 3. The molecule has 0 aliphatic carbocycles. The Balaban J connectivity index is 1.22. The van der Waals surface area contributed by atoms with Crippen molar-refractivity contribution in [3.8, 4) is 0 Å². The molecular formula is C44H25NO2S. The Morgan fingerprint density at radius 1 is 0.396 bits per heavy atom. The van der Waals surface area contributed by atoms with Crippen LogP contribution < -0.4 is 4.90 Å². The summed E-state index contributed by atoms with van der Waals surface area (Å²) >= 11 is 1.83. The van der Waals surface area contributed by atoms with Gasteiger partial charge in [-0.05, 0) is 76.8 Å². The van der Waals surface area contributed by atoms with Crippen LogP contribution >= 0.6 is 11.3 Å². The van der Waals surface area contributed by atoms with Gasteiger partial charge in [-0.3, -0.25) is 0 Å². The number of para-hydroxylation sites is 1. The Labute approximate surface area is 278 Å². The van der Waals surface area contributed by atoms with E-state index in [1.165, 1.54) is 41.7 Å². The van der Waals surface area contributed by atoms with E-state index in [0.717, 1.165) is 60.9 Å². The highest BCUT2D eigenvalue weighted by Crippen LogP contribution is 2.49. The average molecular weight is 632 g/mol. The predicted octanol–water partition coefficient (Wildman–Crippen LogP) is 13.6. The summed E-state index contributed by atoms with van der Waals surface area (Å²) in [5.41, 5.74) is 6.87. The van der Waals surface area contributed by atoms with Gasteiger partial charge in [0.2, 0.25) is 0 Å². The van der Waals surface area contributed by atoms with Gasteiger partial charge in [-0.25, -0.2) is 0 Å². The van der Waals surface area contributed by atoms with E-state index in [-0.39, 0.29) is 0 Å². The second-order valence-corrected chi connectivity index (χ2v) is 13.5. The molecule has 4 heteroatoms. The van der Waals surface area contributed by atoms with Crippen LogP contribution in [0.25, 0.3) is 85.6 Å². The van der Waals surface area contributed by atoms with Crippen LogP contribution in [0.1, 0.15) is 0 Å². The van der Waals surface area contributed by atoms with Gasteiger partial charge in [0.15, 0.2) is 0 Å². The molecule has 0 saturated heterocycles. The third-order valence-electron chi connectivity index (χ3n) is 9.82. The minimum atomic E-state index is 0.872. The zero-order valence-corrected chi connectivity index (χ0v) is 26.4. The second-order valence-electron chi connectivity index (χ2n) is 12.4. The Morgan fingerprint density at radius 3 is 2.00 bits per heavy atom. The van der Waals surface area contributed by atoms with E-state index in [9.17, 15) is 0 Å². The lowest BCUT2D eigenvalue weighted by atomic mass is 10.0. The fourth-order valence-electron chi connectivity index (χ4n) is 7.75. The molecule has 0 atom stereocenters. The molecule has 0 N–H and O–H groups in total. The second kappa shape index (κ2) is 9.71. The van der Waals surface area contributed by atoms with E-state index in [1.807, 2.05) is 11.3 Å². The summed E-state index contributed by atoms with van der Waals surface area (Å²) in [4.78, 5) is 2.37. The molecule has 224 valence electrons. The molecule has 3 nitrogen and oxygen atoms in total. The third kappa shape index (κ3) is 3.58. The van der Waals surface area contributed by atoms with Crippen molar-refractivity contribution >= 4 is 114 Å². The topological polar surface area (TPSA) is 29.5 Å². The van der Waals surface area contributed by atoms with Gasteiger partial charge in [0.25, 0.3) is 0 Å². The highest BCUT2D eigenvalue weighted by Gasteiger charge is 2.23. The van der Waals surface area contributed by atoms with Crippen molar-refractivity contribution in [2.45, 2.75) is 0 Å². The first-order chi connectivity index (χ1) is 23.8. The van der Waals surface area contributed by atoms with Crippen LogP contribution in [0.5, 0.6) is 0 Å². The van der Waals surface area contributed by atoms with Crippen LogP contribution in [-0.4, -0.2) is 0 Å². The SMILES string of the molecule is c1ccc(N(c2ccc3c(c2)oc2ccc4ccccc4c23)c2cccc3sc4ccc5oc6c7ccccc7ccc6c5c4c23)cc1. The Hall–Kier alpha value is -6.10. The molecule has 0 aliphatic rings. The Kier molecular flexibility index (Phi) is 5.26. The zero-order chi connectivity index (χ0) is 31.3. The van der Waals surface area contributed by atoms with Crippen molar-refractivity contribution in [3.05, 3.63) is 152 Å². The van der Waals surface area contributed by atoms with Crippen molar-refractivity contribution in [1.82, 2.24) is 0 Å². The molecule has 48 heavy (non-hydrogen) atoms. The minimum absolute atomic E-state index is 0.872. The summed E-state index contributed by atoms with van der Waals surface area (Å²) in [7, 11) is 0. The largest absolute Gasteiger partial charge is 0.456 e. The first-order valence-corrected chi connectivity index (χ1v) is 17.0. The molecule has 0 amide bonds. The monoisotopic (exact) mass is 631 g/mol. The standard InChI is InChI=1S/C44H25NO2S/c1-2-11-28(12-3-1)45(29-19-21-32-37(25-29)46-35-22-18-26-9-4-6-13-30(26)40(32)35)34-15-8-16-38-42(34)43-39(48-38)24-23-36-41(43)33-20-17-27-10-5-7-14-31(27)44(33)47-36/h1-25H. The molecule has 11 aromatic rings. The van der Waals surface area contributed by atoms with Crippen LogP contribution in [0, 0.1) is 0 Å². The summed E-state index contributed by atoms with van der Waals surface area (Å²) in [6.45, 7) is 0. The van der Waals surface area contributed by atoms with E-state index in [1.54, 1.807) is 0 Å². The van der Waals surface area contributed by atoms with Crippen molar-refractivity contribution in [3.63, 3.8) is 0 Å². The summed E-state index contributed by atoms with van der Waals surface area (Å²) in [6, 6.07) is 54.0. The van der Waals surface area contributed by atoms with Crippen molar-refractivity contribution in [2.24, 2.45) is 0 Å². The van der Waals surface area contributed by atoms with Gasteiger partial charge in [-0.1, -0.05) is 84.9 Å². The normalized spacial score (nSPS) is 12.2. The molecule has 0 saturated carbocycles. The number of furan rings is 2. The maximum absolute atomic E-state index is 6.65. The van der Waals surface area contributed by atoms with Crippen molar-refractivity contribution in [2.75, 3.05) is 4.90 Å². The Bertz CT molecular complexity index is 3070. The lowest BCUT2D eigenvalue weighted by molar-refractivity contribution is 0.669. The molecular weight excluding hydrogens is 607 g/mol. The molecule has 0 unspecified atom stereocenters. The van der Waals surface area contributed by atoms with E-state index >= 15 is 0 Å². The quantitative estimate of drug-likeness (QED) is 0.194. The van der Waals surface area contributed by atoms with Gasteiger partial charge in [-0.2, -0.15) is 0 Å². The molecule has 0 spiro atoms. The van der Waals surface area contributed by atoms with Crippen molar-refractivity contribution < 1.29 is 8.83 Å². The number of rotatable bonds is 3. The summed E-state index contributed by atoms with van der Waals surface area (Å²) in [5.74, 6) is 0. The fourth-order valence-corrected chi connectivity index (χ4v) is 8.88. The molecule has 3 heterocycles. The van der Waals surface area contributed by atoms with Crippen LogP contribution in [0.4, 0.5) is 17.1 Å². The van der Waals surface area contributed by atoms with Crippen LogP contribution in [0.2, 0.25) is 0 Å². The van der Waals surface area contributed by atoms with Gasteiger partial charge in [0.05, 0.1) is 5.69 Å².